The van der Waals surface area contributed by atoms with E-state index in [1.165, 1.54) is 7.11 Å². The number of carboxylic acids is 1. The lowest BCUT2D eigenvalue weighted by molar-refractivity contribution is -0.150. The number of ether oxygens (including phenoxy) is 1. The fourth-order valence-electron chi connectivity index (χ4n) is 2.07. The van der Waals surface area contributed by atoms with Crippen LogP contribution in [-0.4, -0.2) is 30.6 Å². The number of halogens is 1. The third-order valence-corrected chi connectivity index (χ3v) is 4.11. The molecular weight excluding hydrogens is 324 g/mol. The summed E-state index contributed by atoms with van der Waals surface area (Å²) in [6.45, 7) is 2.12. The smallest absolute Gasteiger partial charge is 0.310 e. The average Bonchev–Trinajstić information content (AvgIpc) is 2.43. The maximum absolute atomic E-state index is 12.3. The second-order valence-corrected chi connectivity index (χ2v) is 5.70. The summed E-state index contributed by atoms with van der Waals surface area (Å²) in [5.74, 6) is -1.10. The molecule has 1 aromatic rings. The standard InChI is InChI=1S/C15H19BrO4/c1-3-15(14(18)19,8-9-20-2)10-13(17)11-4-6-12(16)7-5-11/h4-7H,3,8-10H2,1-2H3,(H,18,19). The first-order chi connectivity index (χ1) is 9.45. The maximum atomic E-state index is 12.3. The molecule has 0 aliphatic rings. The lowest BCUT2D eigenvalue weighted by Crippen LogP contribution is -2.34. The molecule has 1 rings (SSSR count). The van der Waals surface area contributed by atoms with Crippen LogP contribution in [0.15, 0.2) is 28.7 Å². The van der Waals surface area contributed by atoms with Gasteiger partial charge < -0.3 is 9.84 Å². The fraction of sp³-hybridized carbons (Fsp3) is 0.467. The molecule has 5 heteroatoms. The summed E-state index contributed by atoms with van der Waals surface area (Å²) in [7, 11) is 1.53. The van der Waals surface area contributed by atoms with E-state index in [9.17, 15) is 14.7 Å². The van der Waals surface area contributed by atoms with Gasteiger partial charge in [0.1, 0.15) is 0 Å². The van der Waals surface area contributed by atoms with E-state index in [0.717, 1.165) is 4.47 Å². The number of carbonyl (C=O) groups is 2. The van der Waals surface area contributed by atoms with Gasteiger partial charge in [0.15, 0.2) is 5.78 Å². The third-order valence-electron chi connectivity index (χ3n) is 3.58. The first kappa shape index (κ1) is 16.9. The Kier molecular flexibility index (Phi) is 6.36. The highest BCUT2D eigenvalue weighted by Crippen LogP contribution is 2.33. The normalized spacial score (nSPS) is 13.8. The summed E-state index contributed by atoms with van der Waals surface area (Å²) in [5, 5.41) is 9.48. The number of benzene rings is 1. The molecule has 0 aliphatic heterocycles. The van der Waals surface area contributed by atoms with E-state index in [4.69, 9.17) is 4.74 Å². The van der Waals surface area contributed by atoms with Gasteiger partial charge in [0.2, 0.25) is 0 Å². The zero-order valence-corrected chi connectivity index (χ0v) is 13.3. The highest BCUT2D eigenvalue weighted by atomic mass is 79.9. The number of Topliss-reactive ketones (excluding diaryl/α,β-unsaturated/α-hetero) is 1. The van der Waals surface area contributed by atoms with E-state index < -0.39 is 11.4 Å². The van der Waals surface area contributed by atoms with E-state index >= 15 is 0 Å². The number of ketones is 1. The largest absolute Gasteiger partial charge is 0.481 e. The van der Waals surface area contributed by atoms with Gasteiger partial charge in [0, 0.05) is 30.2 Å². The van der Waals surface area contributed by atoms with Gasteiger partial charge in [0.05, 0.1) is 5.41 Å². The van der Waals surface area contributed by atoms with E-state index in [-0.39, 0.29) is 12.2 Å². The van der Waals surface area contributed by atoms with Crippen LogP contribution in [0.5, 0.6) is 0 Å². The summed E-state index contributed by atoms with van der Waals surface area (Å²) >= 11 is 3.31. The van der Waals surface area contributed by atoms with E-state index in [1.54, 1.807) is 31.2 Å². The molecule has 0 heterocycles. The van der Waals surface area contributed by atoms with Gasteiger partial charge in [-0.3, -0.25) is 9.59 Å². The van der Waals surface area contributed by atoms with Crippen molar-refractivity contribution in [1.29, 1.82) is 0 Å². The Morgan fingerprint density at radius 2 is 1.90 bits per heavy atom. The van der Waals surface area contributed by atoms with Crippen molar-refractivity contribution < 1.29 is 19.4 Å². The molecule has 0 aromatic heterocycles. The van der Waals surface area contributed by atoms with Crippen molar-refractivity contribution in [3.63, 3.8) is 0 Å². The number of rotatable bonds is 8. The molecule has 1 aromatic carbocycles. The van der Waals surface area contributed by atoms with Crippen LogP contribution in [0.4, 0.5) is 0 Å². The summed E-state index contributed by atoms with van der Waals surface area (Å²) in [6, 6.07) is 6.95. The Bertz CT molecular complexity index is 469. The number of aliphatic carboxylic acids is 1. The minimum absolute atomic E-state index is 0.0101. The Balaban J connectivity index is 2.91. The lowest BCUT2D eigenvalue weighted by atomic mass is 9.76. The van der Waals surface area contributed by atoms with Crippen LogP contribution in [0, 0.1) is 5.41 Å². The molecule has 20 heavy (non-hydrogen) atoms. The van der Waals surface area contributed by atoms with Gasteiger partial charge >= 0.3 is 5.97 Å². The van der Waals surface area contributed by atoms with Crippen molar-refractivity contribution in [2.24, 2.45) is 5.41 Å². The van der Waals surface area contributed by atoms with Crippen LogP contribution in [0.2, 0.25) is 0 Å². The van der Waals surface area contributed by atoms with Crippen molar-refractivity contribution in [2.75, 3.05) is 13.7 Å². The van der Waals surface area contributed by atoms with Crippen LogP contribution in [0.25, 0.3) is 0 Å². The first-order valence-corrected chi connectivity index (χ1v) is 7.25. The molecule has 110 valence electrons. The van der Waals surface area contributed by atoms with Gasteiger partial charge in [-0.15, -0.1) is 0 Å². The van der Waals surface area contributed by atoms with Crippen molar-refractivity contribution in [3.8, 4) is 0 Å². The topological polar surface area (TPSA) is 63.6 Å². The molecule has 0 saturated heterocycles. The van der Waals surface area contributed by atoms with Gasteiger partial charge in [-0.25, -0.2) is 0 Å². The monoisotopic (exact) mass is 342 g/mol. The maximum Gasteiger partial charge on any atom is 0.310 e. The molecule has 0 aliphatic carbocycles. The minimum atomic E-state index is -1.06. The molecule has 0 amide bonds. The Labute approximate surface area is 127 Å². The second kappa shape index (κ2) is 7.55. The van der Waals surface area contributed by atoms with Gasteiger partial charge in [-0.2, -0.15) is 0 Å². The molecule has 0 bridgehead atoms. The zero-order chi connectivity index (χ0) is 15.2. The van der Waals surface area contributed by atoms with Gasteiger partial charge in [0.25, 0.3) is 0 Å². The SMILES string of the molecule is CCC(CCOC)(CC(=O)c1ccc(Br)cc1)C(=O)O. The Morgan fingerprint density at radius 1 is 1.30 bits per heavy atom. The zero-order valence-electron chi connectivity index (χ0n) is 11.7. The third kappa shape index (κ3) is 4.15. The van der Waals surface area contributed by atoms with E-state index in [2.05, 4.69) is 15.9 Å². The van der Waals surface area contributed by atoms with E-state index in [1.807, 2.05) is 0 Å². The minimum Gasteiger partial charge on any atom is -0.481 e. The fourth-order valence-corrected chi connectivity index (χ4v) is 2.33. The molecule has 0 spiro atoms. The quantitative estimate of drug-likeness (QED) is 0.734. The molecule has 4 nitrogen and oxygen atoms in total. The molecule has 0 radical (unpaired) electrons. The highest BCUT2D eigenvalue weighted by molar-refractivity contribution is 9.10. The van der Waals surface area contributed by atoms with E-state index in [0.29, 0.717) is 25.0 Å². The van der Waals surface area contributed by atoms with Crippen molar-refractivity contribution in [2.45, 2.75) is 26.2 Å². The summed E-state index contributed by atoms with van der Waals surface area (Å²) in [4.78, 5) is 23.8. The number of carbonyl (C=O) groups excluding carboxylic acids is 1. The average molecular weight is 343 g/mol. The molecular formula is C15H19BrO4. The van der Waals surface area contributed by atoms with Crippen LogP contribution >= 0.6 is 15.9 Å². The predicted molar refractivity (Wildman–Crippen MR) is 79.9 cm³/mol. The predicted octanol–water partition coefficient (Wildman–Crippen LogP) is 3.54. The molecule has 0 saturated carbocycles. The first-order valence-electron chi connectivity index (χ1n) is 6.46. The van der Waals surface area contributed by atoms with Crippen molar-refractivity contribution >= 4 is 27.7 Å². The second-order valence-electron chi connectivity index (χ2n) is 4.79. The van der Waals surface area contributed by atoms with Gasteiger partial charge in [-0.1, -0.05) is 35.0 Å². The Morgan fingerprint density at radius 3 is 2.35 bits per heavy atom. The number of carboxylic acid groups (broad SMARTS) is 1. The van der Waals surface area contributed by atoms with Crippen LogP contribution in [-0.2, 0) is 9.53 Å². The molecule has 1 N–H and O–H groups in total. The highest BCUT2D eigenvalue weighted by Gasteiger charge is 2.38. The van der Waals surface area contributed by atoms with Gasteiger partial charge in [-0.05, 0) is 25.0 Å². The number of methoxy groups -OCH3 is 1. The molecule has 0 fully saturated rings. The van der Waals surface area contributed by atoms with Crippen LogP contribution in [0.1, 0.15) is 36.5 Å². The van der Waals surface area contributed by atoms with Crippen molar-refractivity contribution in [3.05, 3.63) is 34.3 Å². The molecule has 1 unspecified atom stereocenters. The van der Waals surface area contributed by atoms with Crippen LogP contribution < -0.4 is 0 Å². The summed E-state index contributed by atoms with van der Waals surface area (Å²) < 4.78 is 5.85. The van der Waals surface area contributed by atoms with Crippen molar-refractivity contribution in [1.82, 2.24) is 0 Å². The van der Waals surface area contributed by atoms with Crippen LogP contribution in [0.3, 0.4) is 0 Å². The Hall–Kier alpha value is -1.20. The number of hydrogen-bond donors (Lipinski definition) is 1. The summed E-state index contributed by atoms with van der Waals surface area (Å²) in [6.07, 6.45) is 0.718. The summed E-state index contributed by atoms with van der Waals surface area (Å²) in [5.41, 5.74) is -0.523. The number of hydrogen-bond acceptors (Lipinski definition) is 3. The molecule has 1 atom stereocenters. The lowest BCUT2D eigenvalue weighted by Gasteiger charge is -2.27.